The lowest BCUT2D eigenvalue weighted by Gasteiger charge is -2.09. The van der Waals surface area contributed by atoms with E-state index in [0.29, 0.717) is 6.54 Å². The third kappa shape index (κ3) is 2.55. The molecule has 1 rings (SSSR count). The Kier molecular flexibility index (Phi) is 3.65. The molecule has 1 unspecified atom stereocenters. The van der Waals surface area contributed by atoms with Crippen molar-refractivity contribution in [3.05, 3.63) is 28.5 Å². The van der Waals surface area contributed by atoms with E-state index in [4.69, 9.17) is 0 Å². The Bertz CT molecular complexity index is 255. The van der Waals surface area contributed by atoms with Crippen molar-refractivity contribution in [3.63, 3.8) is 0 Å². The second-order valence-electron chi connectivity index (χ2n) is 2.51. The molecule has 1 aromatic heterocycles. The van der Waals surface area contributed by atoms with Gasteiger partial charge < -0.3 is 10.4 Å². The lowest BCUT2D eigenvalue weighted by Crippen LogP contribution is -2.16. The van der Waals surface area contributed by atoms with Crippen molar-refractivity contribution in [1.29, 1.82) is 0 Å². The van der Waals surface area contributed by atoms with E-state index >= 15 is 0 Å². The van der Waals surface area contributed by atoms with Crippen molar-refractivity contribution in [2.45, 2.75) is 6.10 Å². The summed E-state index contributed by atoms with van der Waals surface area (Å²) in [5.74, 6) is 0. The zero-order valence-electron chi connectivity index (χ0n) is 6.79. The minimum atomic E-state index is -0.486. The smallest absolute Gasteiger partial charge is 0.0929 e. The first kappa shape index (κ1) is 9.64. The Hall–Kier alpha value is -0.450. The van der Waals surface area contributed by atoms with Crippen molar-refractivity contribution in [2.24, 2.45) is 0 Å². The standard InChI is InChI=1S/C8H11BrN2O/c1-10-5-8(12)6-2-7(9)4-11-3-6/h2-4,8,10,12H,5H2,1H3. The lowest BCUT2D eigenvalue weighted by atomic mass is 10.2. The third-order valence-electron chi connectivity index (χ3n) is 1.51. The van der Waals surface area contributed by atoms with Crippen LogP contribution in [0.4, 0.5) is 0 Å². The van der Waals surface area contributed by atoms with Gasteiger partial charge in [0, 0.05) is 29.0 Å². The van der Waals surface area contributed by atoms with Crippen LogP contribution < -0.4 is 5.32 Å². The van der Waals surface area contributed by atoms with Crippen molar-refractivity contribution < 1.29 is 5.11 Å². The minimum absolute atomic E-state index is 0.486. The molecule has 0 bridgehead atoms. The molecule has 0 amide bonds. The van der Waals surface area contributed by atoms with E-state index in [2.05, 4.69) is 26.2 Å². The van der Waals surface area contributed by atoms with Gasteiger partial charge in [-0.25, -0.2) is 0 Å². The van der Waals surface area contributed by atoms with E-state index in [1.165, 1.54) is 0 Å². The highest BCUT2D eigenvalue weighted by Gasteiger charge is 2.05. The predicted octanol–water partition coefficient (Wildman–Crippen LogP) is 1.10. The first-order valence-electron chi connectivity index (χ1n) is 3.67. The maximum absolute atomic E-state index is 9.52. The van der Waals surface area contributed by atoms with Gasteiger partial charge in [0.05, 0.1) is 6.10 Å². The number of pyridine rings is 1. The van der Waals surface area contributed by atoms with Gasteiger partial charge in [-0.15, -0.1) is 0 Å². The van der Waals surface area contributed by atoms with Crippen LogP contribution in [0.2, 0.25) is 0 Å². The molecule has 66 valence electrons. The summed E-state index contributed by atoms with van der Waals surface area (Å²) in [6.07, 6.45) is 2.86. The molecular formula is C8H11BrN2O. The van der Waals surface area contributed by atoms with Crippen LogP contribution in [0.25, 0.3) is 0 Å². The summed E-state index contributed by atoms with van der Waals surface area (Å²) in [6.45, 7) is 0.540. The normalized spacial score (nSPS) is 12.9. The maximum atomic E-state index is 9.52. The summed E-state index contributed by atoms with van der Waals surface area (Å²) in [6, 6.07) is 1.86. The van der Waals surface area contributed by atoms with Crippen LogP contribution in [0.1, 0.15) is 11.7 Å². The predicted molar refractivity (Wildman–Crippen MR) is 50.8 cm³/mol. The fourth-order valence-electron chi connectivity index (χ4n) is 0.922. The summed E-state index contributed by atoms with van der Waals surface area (Å²) >= 11 is 3.29. The average Bonchev–Trinajstić information content (AvgIpc) is 2.05. The molecular weight excluding hydrogens is 220 g/mol. The van der Waals surface area contributed by atoms with E-state index in [1.807, 2.05) is 6.07 Å². The van der Waals surface area contributed by atoms with Gasteiger partial charge in [-0.1, -0.05) is 0 Å². The number of hydrogen-bond acceptors (Lipinski definition) is 3. The quantitative estimate of drug-likeness (QED) is 0.818. The zero-order valence-corrected chi connectivity index (χ0v) is 8.37. The minimum Gasteiger partial charge on any atom is -0.387 e. The molecule has 12 heavy (non-hydrogen) atoms. The van der Waals surface area contributed by atoms with Crippen molar-refractivity contribution >= 4 is 15.9 Å². The van der Waals surface area contributed by atoms with Gasteiger partial charge in [0.25, 0.3) is 0 Å². The van der Waals surface area contributed by atoms with Crippen LogP contribution in [-0.2, 0) is 0 Å². The first-order chi connectivity index (χ1) is 5.74. The monoisotopic (exact) mass is 230 g/mol. The van der Waals surface area contributed by atoms with Crippen LogP contribution in [0, 0.1) is 0 Å². The van der Waals surface area contributed by atoms with Crippen LogP contribution >= 0.6 is 15.9 Å². The molecule has 1 heterocycles. The Balaban J connectivity index is 2.73. The van der Waals surface area contributed by atoms with Gasteiger partial charge in [0.2, 0.25) is 0 Å². The third-order valence-corrected chi connectivity index (χ3v) is 1.94. The summed E-state index contributed by atoms with van der Waals surface area (Å²) in [7, 11) is 1.80. The summed E-state index contributed by atoms with van der Waals surface area (Å²) in [4.78, 5) is 3.95. The molecule has 2 N–H and O–H groups in total. The molecule has 1 atom stereocenters. The number of hydrogen-bond donors (Lipinski definition) is 2. The van der Waals surface area contributed by atoms with E-state index in [1.54, 1.807) is 19.4 Å². The number of aliphatic hydroxyl groups excluding tert-OH is 1. The molecule has 1 aromatic rings. The molecule has 0 saturated carbocycles. The van der Waals surface area contributed by atoms with Crippen LogP contribution in [-0.4, -0.2) is 23.7 Å². The van der Waals surface area contributed by atoms with Gasteiger partial charge in [0.1, 0.15) is 0 Å². The van der Waals surface area contributed by atoms with Gasteiger partial charge in [-0.05, 0) is 29.0 Å². The summed E-state index contributed by atoms with van der Waals surface area (Å²) in [5.41, 5.74) is 0.818. The number of likely N-dealkylation sites (N-methyl/N-ethyl adjacent to an activating group) is 1. The van der Waals surface area contributed by atoms with E-state index < -0.39 is 6.10 Å². The fourth-order valence-corrected chi connectivity index (χ4v) is 1.30. The van der Waals surface area contributed by atoms with E-state index in [9.17, 15) is 5.11 Å². The SMILES string of the molecule is CNCC(O)c1cncc(Br)c1. The lowest BCUT2D eigenvalue weighted by molar-refractivity contribution is 0.177. The molecule has 0 aliphatic heterocycles. The van der Waals surface area contributed by atoms with Gasteiger partial charge in [-0.3, -0.25) is 4.98 Å². The highest BCUT2D eigenvalue weighted by Crippen LogP contribution is 2.15. The molecule has 0 aliphatic rings. The van der Waals surface area contributed by atoms with Gasteiger partial charge in [0.15, 0.2) is 0 Å². The molecule has 0 radical (unpaired) electrons. The Morgan fingerprint density at radius 1 is 1.67 bits per heavy atom. The average molecular weight is 231 g/mol. The largest absolute Gasteiger partial charge is 0.387 e. The number of aromatic nitrogens is 1. The fraction of sp³-hybridized carbons (Fsp3) is 0.375. The molecule has 0 aliphatic carbocycles. The molecule has 0 aromatic carbocycles. The second kappa shape index (κ2) is 4.54. The van der Waals surface area contributed by atoms with Gasteiger partial charge in [-0.2, -0.15) is 0 Å². The maximum Gasteiger partial charge on any atom is 0.0929 e. The number of nitrogens with one attached hydrogen (secondary N) is 1. The van der Waals surface area contributed by atoms with Crippen molar-refractivity contribution in [3.8, 4) is 0 Å². The molecule has 3 nitrogen and oxygen atoms in total. The highest BCUT2D eigenvalue weighted by atomic mass is 79.9. The summed E-state index contributed by atoms with van der Waals surface area (Å²) < 4.78 is 0.884. The molecule has 0 saturated heterocycles. The first-order valence-corrected chi connectivity index (χ1v) is 4.46. The van der Waals surface area contributed by atoms with E-state index in [-0.39, 0.29) is 0 Å². The van der Waals surface area contributed by atoms with Crippen molar-refractivity contribution in [2.75, 3.05) is 13.6 Å². The van der Waals surface area contributed by atoms with Crippen LogP contribution in [0.5, 0.6) is 0 Å². The van der Waals surface area contributed by atoms with Crippen LogP contribution in [0.3, 0.4) is 0 Å². The highest BCUT2D eigenvalue weighted by molar-refractivity contribution is 9.10. The second-order valence-corrected chi connectivity index (χ2v) is 3.43. The van der Waals surface area contributed by atoms with Gasteiger partial charge >= 0.3 is 0 Å². The number of aliphatic hydroxyl groups is 1. The number of rotatable bonds is 3. The van der Waals surface area contributed by atoms with Crippen molar-refractivity contribution in [1.82, 2.24) is 10.3 Å². The van der Waals surface area contributed by atoms with E-state index in [0.717, 1.165) is 10.0 Å². The molecule has 4 heteroatoms. The number of halogens is 1. The summed E-state index contributed by atoms with van der Waals surface area (Å²) in [5, 5.41) is 12.4. The Morgan fingerprint density at radius 3 is 3.00 bits per heavy atom. The zero-order chi connectivity index (χ0) is 8.97. The Morgan fingerprint density at radius 2 is 2.42 bits per heavy atom. The molecule has 0 spiro atoms. The number of nitrogens with zero attached hydrogens (tertiary/aromatic N) is 1. The topological polar surface area (TPSA) is 45.1 Å². The van der Waals surface area contributed by atoms with Crippen LogP contribution in [0.15, 0.2) is 22.9 Å². The molecule has 0 fully saturated rings. The Labute approximate surface area is 80.0 Å².